The van der Waals surface area contributed by atoms with Gasteiger partial charge in [0.1, 0.15) is 23.2 Å². The summed E-state index contributed by atoms with van der Waals surface area (Å²) in [6.45, 7) is 13.6. The van der Waals surface area contributed by atoms with E-state index in [9.17, 15) is 13.6 Å². The third-order valence-corrected chi connectivity index (χ3v) is 13.2. The number of amides is 1. The van der Waals surface area contributed by atoms with Gasteiger partial charge in [0, 0.05) is 43.3 Å². The Labute approximate surface area is 281 Å². The summed E-state index contributed by atoms with van der Waals surface area (Å²) in [6.07, 6.45) is -1.25. The third-order valence-electron chi connectivity index (χ3n) is 8.85. The zero-order valence-electron chi connectivity index (χ0n) is 29.5. The quantitative estimate of drug-likeness (QED) is 0.158. The molecule has 4 aromatic rings. The van der Waals surface area contributed by atoms with Crippen molar-refractivity contribution in [3.8, 4) is 11.6 Å². The van der Waals surface area contributed by atoms with E-state index in [4.69, 9.17) is 9.16 Å². The van der Waals surface area contributed by atoms with Crippen LogP contribution in [0.1, 0.15) is 62.7 Å². The molecule has 48 heavy (non-hydrogen) atoms. The zero-order valence-corrected chi connectivity index (χ0v) is 30.5. The number of halogens is 3. The van der Waals surface area contributed by atoms with Crippen molar-refractivity contribution in [3.63, 3.8) is 0 Å². The molecule has 1 amide bonds. The maximum atomic E-state index is 15.6. The summed E-state index contributed by atoms with van der Waals surface area (Å²) in [4.78, 5) is 29.5. The van der Waals surface area contributed by atoms with Gasteiger partial charge in [-0.15, -0.1) is 0 Å². The molecule has 0 spiro atoms. The number of carbonyl (C=O) groups is 1. The summed E-state index contributed by atoms with van der Waals surface area (Å²) in [6, 6.07) is 9.34. The van der Waals surface area contributed by atoms with Crippen LogP contribution in [0, 0.1) is 12.7 Å². The van der Waals surface area contributed by atoms with Crippen LogP contribution in [0.15, 0.2) is 42.6 Å². The SMILES string of the molecule is COc1ncc(N(C)c2ccc3nc(C)nc(N[C@H](C)c4cc(O[Si](C)(C)C(C)(C)C)cc(C(F)F)c4F)c3c2)cc1CC(=O)N(C)C. The summed E-state index contributed by atoms with van der Waals surface area (Å²) < 4.78 is 55.5. The van der Waals surface area contributed by atoms with Crippen LogP contribution in [0.25, 0.3) is 10.9 Å². The Morgan fingerprint density at radius 1 is 1.02 bits per heavy atom. The van der Waals surface area contributed by atoms with Crippen molar-refractivity contribution in [3.05, 3.63) is 70.9 Å². The number of ether oxygens (including phenoxy) is 1. The minimum atomic E-state index is -3.02. The topological polar surface area (TPSA) is 92.7 Å². The van der Waals surface area contributed by atoms with Gasteiger partial charge in [-0.25, -0.2) is 28.1 Å². The highest BCUT2D eigenvalue weighted by molar-refractivity contribution is 6.74. The molecule has 0 fully saturated rings. The van der Waals surface area contributed by atoms with E-state index in [0.717, 1.165) is 11.8 Å². The fourth-order valence-electron chi connectivity index (χ4n) is 4.91. The average Bonchev–Trinajstić information content (AvgIpc) is 3.00. The summed E-state index contributed by atoms with van der Waals surface area (Å²) in [7, 11) is 4.34. The molecule has 258 valence electrons. The van der Waals surface area contributed by atoms with Crippen LogP contribution in [0.3, 0.4) is 0 Å². The van der Waals surface area contributed by atoms with Crippen LogP contribution in [0.2, 0.25) is 18.1 Å². The maximum absolute atomic E-state index is 15.6. The number of benzene rings is 2. The van der Waals surface area contributed by atoms with Gasteiger partial charge in [0.15, 0.2) is 0 Å². The van der Waals surface area contributed by atoms with Crippen molar-refractivity contribution < 1.29 is 27.1 Å². The predicted molar refractivity (Wildman–Crippen MR) is 187 cm³/mol. The number of aromatic nitrogens is 3. The second-order valence-corrected chi connectivity index (χ2v) is 18.4. The molecule has 0 saturated carbocycles. The van der Waals surface area contributed by atoms with Crippen molar-refractivity contribution in [1.29, 1.82) is 0 Å². The molecule has 0 aliphatic heterocycles. The van der Waals surface area contributed by atoms with Gasteiger partial charge in [-0.05, 0) is 68.4 Å². The summed E-state index contributed by atoms with van der Waals surface area (Å²) in [5, 5.41) is 3.72. The Morgan fingerprint density at radius 3 is 2.29 bits per heavy atom. The molecule has 13 heteroatoms. The van der Waals surface area contributed by atoms with Crippen LogP contribution in [0.5, 0.6) is 11.6 Å². The van der Waals surface area contributed by atoms with Crippen molar-refractivity contribution in [2.24, 2.45) is 0 Å². The lowest BCUT2D eigenvalue weighted by Gasteiger charge is -2.36. The molecule has 0 aliphatic carbocycles. The van der Waals surface area contributed by atoms with E-state index in [2.05, 4.69) is 20.3 Å². The number of nitrogens with one attached hydrogen (secondary N) is 1. The number of hydrogen-bond acceptors (Lipinski definition) is 8. The van der Waals surface area contributed by atoms with Crippen molar-refractivity contribution in [1.82, 2.24) is 19.9 Å². The molecule has 0 saturated heterocycles. The van der Waals surface area contributed by atoms with E-state index < -0.39 is 32.2 Å². The Morgan fingerprint density at radius 2 is 1.69 bits per heavy atom. The minimum Gasteiger partial charge on any atom is -0.543 e. The first-order valence-corrected chi connectivity index (χ1v) is 18.6. The van der Waals surface area contributed by atoms with E-state index >= 15 is 4.39 Å². The lowest BCUT2D eigenvalue weighted by molar-refractivity contribution is -0.128. The fourth-order valence-corrected chi connectivity index (χ4v) is 5.92. The Bertz CT molecular complexity index is 1810. The minimum absolute atomic E-state index is 0.0447. The number of nitrogens with zero attached hydrogens (tertiary/aromatic N) is 5. The molecule has 0 radical (unpaired) electrons. The number of fused-ring (bicyclic) bond motifs is 1. The smallest absolute Gasteiger partial charge is 0.266 e. The van der Waals surface area contributed by atoms with Crippen molar-refractivity contribution >= 4 is 42.3 Å². The largest absolute Gasteiger partial charge is 0.543 e. The first-order chi connectivity index (χ1) is 22.3. The van der Waals surface area contributed by atoms with Crippen molar-refractivity contribution in [2.75, 3.05) is 38.5 Å². The highest BCUT2D eigenvalue weighted by Crippen LogP contribution is 2.40. The highest BCUT2D eigenvalue weighted by Gasteiger charge is 2.39. The number of likely N-dealkylation sites (N-methyl/N-ethyl adjacent to an activating group) is 1. The van der Waals surface area contributed by atoms with Gasteiger partial charge in [0.2, 0.25) is 20.1 Å². The molecule has 2 heterocycles. The third kappa shape index (κ3) is 7.83. The van der Waals surface area contributed by atoms with Crippen molar-refractivity contribution in [2.45, 2.75) is 71.6 Å². The number of pyridine rings is 1. The van der Waals surface area contributed by atoms with Gasteiger partial charge in [0.05, 0.1) is 42.5 Å². The van der Waals surface area contributed by atoms with Gasteiger partial charge in [-0.3, -0.25) is 4.79 Å². The Balaban J connectivity index is 1.73. The molecule has 1 atom stereocenters. The fraction of sp³-hybridized carbons (Fsp3) is 0.429. The number of hydrogen-bond donors (Lipinski definition) is 1. The van der Waals surface area contributed by atoms with E-state index in [-0.39, 0.29) is 28.7 Å². The summed E-state index contributed by atoms with van der Waals surface area (Å²) >= 11 is 0. The van der Waals surface area contributed by atoms with Crippen LogP contribution in [0.4, 0.5) is 30.4 Å². The Hall–Kier alpha value is -4.39. The van der Waals surface area contributed by atoms with Crippen LogP contribution >= 0.6 is 0 Å². The number of rotatable bonds is 11. The number of alkyl halides is 2. The lowest BCUT2D eigenvalue weighted by atomic mass is 10.0. The second-order valence-electron chi connectivity index (χ2n) is 13.7. The number of methoxy groups -OCH3 is 1. The molecule has 2 aromatic heterocycles. The van der Waals surface area contributed by atoms with Gasteiger partial charge in [-0.2, -0.15) is 0 Å². The predicted octanol–water partition coefficient (Wildman–Crippen LogP) is 8.37. The molecule has 2 aromatic carbocycles. The number of aryl methyl sites for hydroxylation is 1. The molecule has 4 rings (SSSR count). The molecule has 0 aliphatic rings. The molecule has 1 N–H and O–H groups in total. The van der Waals surface area contributed by atoms with E-state index in [1.165, 1.54) is 18.1 Å². The van der Waals surface area contributed by atoms with Crippen LogP contribution in [-0.2, 0) is 11.2 Å². The van der Waals surface area contributed by atoms with Gasteiger partial charge >= 0.3 is 0 Å². The zero-order chi connectivity index (χ0) is 35.7. The van der Waals surface area contributed by atoms with E-state index in [1.807, 2.05) is 70.1 Å². The number of carbonyl (C=O) groups excluding carboxylic acids is 1. The molecule has 0 unspecified atom stereocenters. The van der Waals surface area contributed by atoms with E-state index in [1.54, 1.807) is 34.1 Å². The molecule has 9 nitrogen and oxygen atoms in total. The average molecular weight is 683 g/mol. The van der Waals surface area contributed by atoms with E-state index in [0.29, 0.717) is 39.7 Å². The van der Waals surface area contributed by atoms with Crippen LogP contribution in [-0.4, -0.2) is 62.3 Å². The van der Waals surface area contributed by atoms with Gasteiger partial charge in [0.25, 0.3) is 6.43 Å². The number of anilines is 3. The monoisotopic (exact) mass is 682 g/mol. The summed E-state index contributed by atoms with van der Waals surface area (Å²) in [5.74, 6) is 0.405. The highest BCUT2D eigenvalue weighted by atomic mass is 28.4. The lowest BCUT2D eigenvalue weighted by Crippen LogP contribution is -2.43. The van der Waals surface area contributed by atoms with Gasteiger partial charge < -0.3 is 24.3 Å². The molecular formula is C35H45F3N6O3Si. The molecule has 0 bridgehead atoms. The van der Waals surface area contributed by atoms with Crippen LogP contribution < -0.4 is 19.4 Å². The summed E-state index contributed by atoms with van der Waals surface area (Å²) in [5.41, 5.74) is 2.10. The normalized spacial score (nSPS) is 12.6. The first-order valence-electron chi connectivity index (χ1n) is 15.6. The standard InChI is InChI=1S/C35H45F3N6O3Si/c1-20(26-17-25(18-28(31(26)36)32(37)38)47-48(10,11)35(3,4)5)40-33-27-16-23(12-13-29(27)41-21(2)42-33)44(8)24-14-22(15-30(45)43(6)7)34(46-9)39-19-24/h12-14,16-20,32H,15H2,1-11H3,(H,40,41,42)/t20-/m1/s1. The Kier molecular flexibility index (Phi) is 10.6. The first kappa shape index (κ1) is 36.4. The second kappa shape index (κ2) is 14.0. The maximum Gasteiger partial charge on any atom is 0.266 e. The van der Waals surface area contributed by atoms with Gasteiger partial charge in [-0.1, -0.05) is 20.8 Å². The molecular weight excluding hydrogens is 638 g/mol.